The fraction of sp³-hybridized carbons (Fsp3) is 0.250. The van der Waals surface area contributed by atoms with E-state index in [1.165, 1.54) is 0 Å². The molecule has 0 aliphatic rings. The second-order valence-electron chi connectivity index (χ2n) is 5.09. The Labute approximate surface area is 127 Å². The molecule has 0 bridgehead atoms. The average Bonchev–Trinajstić information content (AvgIpc) is 2.99. The quantitative estimate of drug-likeness (QED) is 0.804. The SMILES string of the molecule is CC(O)CN(C)c1nc(-c2cccs2)nc2ccccc12. The first-order valence-electron chi connectivity index (χ1n) is 6.85. The highest BCUT2D eigenvalue weighted by molar-refractivity contribution is 7.13. The topological polar surface area (TPSA) is 49.2 Å². The van der Waals surface area contributed by atoms with Crippen molar-refractivity contribution in [1.29, 1.82) is 0 Å². The maximum atomic E-state index is 9.63. The van der Waals surface area contributed by atoms with Gasteiger partial charge < -0.3 is 10.0 Å². The Morgan fingerprint density at radius 3 is 2.71 bits per heavy atom. The number of hydrogen-bond donors (Lipinski definition) is 1. The molecule has 0 spiro atoms. The number of likely N-dealkylation sites (N-methyl/N-ethyl adjacent to an activating group) is 1. The third-order valence-corrected chi connectivity index (χ3v) is 4.09. The fourth-order valence-corrected chi connectivity index (χ4v) is 3.01. The van der Waals surface area contributed by atoms with Crippen LogP contribution in [0.15, 0.2) is 41.8 Å². The third kappa shape index (κ3) is 2.89. The Balaban J connectivity index is 2.16. The van der Waals surface area contributed by atoms with Crippen LogP contribution in [0.4, 0.5) is 5.82 Å². The summed E-state index contributed by atoms with van der Waals surface area (Å²) in [5, 5.41) is 12.6. The largest absolute Gasteiger partial charge is 0.392 e. The van der Waals surface area contributed by atoms with Gasteiger partial charge in [0.15, 0.2) is 5.82 Å². The number of hydrogen-bond acceptors (Lipinski definition) is 5. The molecular weight excluding hydrogens is 282 g/mol. The number of nitrogens with zero attached hydrogens (tertiary/aromatic N) is 3. The van der Waals surface area contributed by atoms with Crippen LogP contribution >= 0.6 is 11.3 Å². The third-order valence-electron chi connectivity index (χ3n) is 3.22. The average molecular weight is 299 g/mol. The van der Waals surface area contributed by atoms with E-state index in [4.69, 9.17) is 4.98 Å². The summed E-state index contributed by atoms with van der Waals surface area (Å²) in [7, 11) is 1.94. The minimum atomic E-state index is -0.408. The molecule has 1 N–H and O–H groups in total. The molecule has 0 saturated heterocycles. The monoisotopic (exact) mass is 299 g/mol. The molecule has 2 aromatic heterocycles. The number of anilines is 1. The molecule has 1 aromatic carbocycles. The van der Waals surface area contributed by atoms with Gasteiger partial charge in [0.1, 0.15) is 5.82 Å². The number of thiophene rings is 1. The van der Waals surface area contributed by atoms with Crippen molar-refractivity contribution in [3.8, 4) is 10.7 Å². The Bertz CT molecular complexity index is 740. The number of rotatable bonds is 4. The summed E-state index contributed by atoms with van der Waals surface area (Å²) in [6.45, 7) is 2.31. The maximum absolute atomic E-state index is 9.63. The lowest BCUT2D eigenvalue weighted by atomic mass is 10.2. The Kier molecular flexibility index (Phi) is 3.86. The number of aliphatic hydroxyl groups is 1. The Morgan fingerprint density at radius 2 is 2.00 bits per heavy atom. The van der Waals surface area contributed by atoms with Crippen molar-refractivity contribution in [2.24, 2.45) is 0 Å². The molecule has 0 fully saturated rings. The van der Waals surface area contributed by atoms with E-state index in [-0.39, 0.29) is 0 Å². The minimum absolute atomic E-state index is 0.408. The predicted molar refractivity (Wildman–Crippen MR) is 87.8 cm³/mol. The normalized spacial score (nSPS) is 12.5. The number of aromatic nitrogens is 2. The van der Waals surface area contributed by atoms with Crippen molar-refractivity contribution in [1.82, 2.24) is 9.97 Å². The standard InChI is InChI=1S/C16H17N3OS/c1-11(20)10-19(2)16-12-6-3-4-7-13(12)17-15(18-16)14-8-5-9-21-14/h3-9,11,20H,10H2,1-2H3. The van der Waals surface area contributed by atoms with Gasteiger partial charge in [0.25, 0.3) is 0 Å². The van der Waals surface area contributed by atoms with Crippen LogP contribution in [0.2, 0.25) is 0 Å². The summed E-state index contributed by atoms with van der Waals surface area (Å²) in [5.41, 5.74) is 0.920. The molecule has 0 radical (unpaired) electrons. The van der Waals surface area contributed by atoms with Gasteiger partial charge in [0.05, 0.1) is 16.5 Å². The second kappa shape index (κ2) is 5.79. The first-order chi connectivity index (χ1) is 10.1. The van der Waals surface area contributed by atoms with Gasteiger partial charge in [0.2, 0.25) is 0 Å². The summed E-state index contributed by atoms with van der Waals surface area (Å²) in [6.07, 6.45) is -0.408. The van der Waals surface area contributed by atoms with Crippen molar-refractivity contribution in [3.63, 3.8) is 0 Å². The molecule has 1 unspecified atom stereocenters. The van der Waals surface area contributed by atoms with E-state index in [1.807, 2.05) is 53.7 Å². The smallest absolute Gasteiger partial charge is 0.172 e. The lowest BCUT2D eigenvalue weighted by Crippen LogP contribution is -2.28. The molecule has 0 aliphatic carbocycles. The summed E-state index contributed by atoms with van der Waals surface area (Å²) in [5.74, 6) is 1.58. The Hall–Kier alpha value is -1.98. The number of benzene rings is 1. The van der Waals surface area contributed by atoms with Gasteiger partial charge in [-0.15, -0.1) is 11.3 Å². The summed E-state index contributed by atoms with van der Waals surface area (Å²) in [4.78, 5) is 12.4. The van der Waals surface area contributed by atoms with E-state index in [9.17, 15) is 5.11 Å². The number of aliphatic hydroxyl groups excluding tert-OH is 1. The summed E-state index contributed by atoms with van der Waals surface area (Å²) < 4.78 is 0. The first-order valence-corrected chi connectivity index (χ1v) is 7.73. The second-order valence-corrected chi connectivity index (χ2v) is 6.04. The molecule has 2 heterocycles. The Morgan fingerprint density at radius 1 is 1.19 bits per heavy atom. The molecule has 0 aliphatic heterocycles. The zero-order valence-corrected chi connectivity index (χ0v) is 12.8. The minimum Gasteiger partial charge on any atom is -0.392 e. The molecule has 21 heavy (non-hydrogen) atoms. The zero-order chi connectivity index (χ0) is 14.8. The van der Waals surface area contributed by atoms with E-state index >= 15 is 0 Å². The van der Waals surface area contributed by atoms with Crippen molar-refractivity contribution >= 4 is 28.1 Å². The van der Waals surface area contributed by atoms with E-state index in [2.05, 4.69) is 4.98 Å². The van der Waals surface area contributed by atoms with Crippen LogP contribution in [-0.4, -0.2) is 34.8 Å². The van der Waals surface area contributed by atoms with Gasteiger partial charge in [-0.2, -0.15) is 0 Å². The molecule has 108 valence electrons. The van der Waals surface area contributed by atoms with E-state index in [1.54, 1.807) is 18.3 Å². The highest BCUT2D eigenvalue weighted by atomic mass is 32.1. The van der Waals surface area contributed by atoms with Crippen LogP contribution in [0.3, 0.4) is 0 Å². The van der Waals surface area contributed by atoms with Crippen LogP contribution in [0, 0.1) is 0 Å². The highest BCUT2D eigenvalue weighted by Gasteiger charge is 2.14. The molecule has 5 heteroatoms. The fourth-order valence-electron chi connectivity index (χ4n) is 2.35. The molecule has 0 saturated carbocycles. The van der Waals surface area contributed by atoms with Crippen LogP contribution in [0.25, 0.3) is 21.6 Å². The predicted octanol–water partition coefficient (Wildman–Crippen LogP) is 3.18. The number of fused-ring (bicyclic) bond motifs is 1. The van der Waals surface area contributed by atoms with Crippen molar-refractivity contribution in [2.75, 3.05) is 18.5 Å². The van der Waals surface area contributed by atoms with Crippen LogP contribution in [0.1, 0.15) is 6.92 Å². The van der Waals surface area contributed by atoms with Gasteiger partial charge in [-0.25, -0.2) is 9.97 Å². The van der Waals surface area contributed by atoms with Gasteiger partial charge in [-0.3, -0.25) is 0 Å². The highest BCUT2D eigenvalue weighted by Crippen LogP contribution is 2.28. The van der Waals surface area contributed by atoms with Gasteiger partial charge in [-0.1, -0.05) is 18.2 Å². The first kappa shape index (κ1) is 14.0. The van der Waals surface area contributed by atoms with E-state index in [0.29, 0.717) is 6.54 Å². The van der Waals surface area contributed by atoms with Crippen LogP contribution < -0.4 is 4.90 Å². The zero-order valence-electron chi connectivity index (χ0n) is 12.0. The van der Waals surface area contributed by atoms with E-state index < -0.39 is 6.10 Å². The van der Waals surface area contributed by atoms with Crippen molar-refractivity contribution in [3.05, 3.63) is 41.8 Å². The van der Waals surface area contributed by atoms with Crippen molar-refractivity contribution in [2.45, 2.75) is 13.0 Å². The van der Waals surface area contributed by atoms with E-state index in [0.717, 1.165) is 27.4 Å². The molecule has 3 rings (SSSR count). The van der Waals surface area contributed by atoms with Crippen molar-refractivity contribution < 1.29 is 5.11 Å². The molecule has 1 atom stereocenters. The van der Waals surface area contributed by atoms with Gasteiger partial charge >= 0.3 is 0 Å². The lowest BCUT2D eigenvalue weighted by molar-refractivity contribution is 0.201. The lowest BCUT2D eigenvalue weighted by Gasteiger charge is -2.21. The molecule has 3 aromatic rings. The van der Waals surface area contributed by atoms with Gasteiger partial charge in [0, 0.05) is 19.0 Å². The molecule has 0 amide bonds. The molecule has 4 nitrogen and oxygen atoms in total. The van der Waals surface area contributed by atoms with Crippen LogP contribution in [-0.2, 0) is 0 Å². The summed E-state index contributed by atoms with van der Waals surface area (Å²) in [6, 6.07) is 12.0. The summed E-state index contributed by atoms with van der Waals surface area (Å²) >= 11 is 1.63. The van der Waals surface area contributed by atoms with Crippen LogP contribution in [0.5, 0.6) is 0 Å². The van der Waals surface area contributed by atoms with Gasteiger partial charge in [-0.05, 0) is 30.5 Å². The number of para-hydroxylation sites is 1. The maximum Gasteiger partial charge on any atom is 0.172 e. The molecular formula is C16H17N3OS.